The molecule has 1 amide bonds. The number of nitriles is 1. The Labute approximate surface area is 152 Å². The number of ether oxygens (including phenoxy) is 2. The molecule has 0 radical (unpaired) electrons. The molecule has 8 nitrogen and oxygen atoms in total. The topological polar surface area (TPSA) is 106 Å². The molecule has 0 unspecified atom stereocenters. The average molecular weight is 361 g/mol. The van der Waals surface area contributed by atoms with E-state index in [2.05, 4.69) is 0 Å². The Hall–Kier alpha value is -2.82. The molecular weight excluding hydrogens is 338 g/mol. The highest BCUT2D eigenvalue weighted by atomic mass is 16.6. The minimum atomic E-state index is -0.612. The van der Waals surface area contributed by atoms with E-state index < -0.39 is 16.6 Å². The number of amides is 1. The maximum absolute atomic E-state index is 12.4. The fourth-order valence-electron chi connectivity index (χ4n) is 2.83. The third-order valence-electron chi connectivity index (χ3n) is 4.00. The summed E-state index contributed by atoms with van der Waals surface area (Å²) in [6, 6.07) is 5.88. The van der Waals surface area contributed by atoms with Gasteiger partial charge in [-0.25, -0.2) is 4.79 Å². The maximum atomic E-state index is 12.4. The van der Waals surface area contributed by atoms with Crippen LogP contribution in [0, 0.1) is 21.4 Å². The van der Waals surface area contributed by atoms with Gasteiger partial charge in [-0.1, -0.05) is 6.07 Å². The number of hydrogen-bond donors (Lipinski definition) is 0. The van der Waals surface area contributed by atoms with Crippen molar-refractivity contribution in [1.29, 1.82) is 5.26 Å². The first-order valence-corrected chi connectivity index (χ1v) is 8.53. The van der Waals surface area contributed by atoms with Crippen LogP contribution >= 0.6 is 0 Å². The molecule has 0 spiro atoms. The number of nitro groups is 1. The zero-order chi connectivity index (χ0) is 19.3. The van der Waals surface area contributed by atoms with Gasteiger partial charge in [-0.05, 0) is 46.1 Å². The van der Waals surface area contributed by atoms with Crippen molar-refractivity contribution in [2.24, 2.45) is 0 Å². The van der Waals surface area contributed by atoms with Gasteiger partial charge in [0.05, 0.1) is 11.0 Å². The van der Waals surface area contributed by atoms with Crippen molar-refractivity contribution in [3.05, 3.63) is 33.9 Å². The monoisotopic (exact) mass is 361 g/mol. The molecular formula is C18H23N3O5. The van der Waals surface area contributed by atoms with Gasteiger partial charge in [0.25, 0.3) is 5.69 Å². The van der Waals surface area contributed by atoms with Gasteiger partial charge in [-0.2, -0.15) is 5.26 Å². The van der Waals surface area contributed by atoms with E-state index in [1.165, 1.54) is 18.2 Å². The predicted octanol–water partition coefficient (Wildman–Crippen LogP) is 3.63. The van der Waals surface area contributed by atoms with E-state index >= 15 is 0 Å². The molecule has 1 aliphatic heterocycles. The quantitative estimate of drug-likeness (QED) is 0.599. The largest absolute Gasteiger partial charge is 0.490 e. The van der Waals surface area contributed by atoms with E-state index in [4.69, 9.17) is 9.47 Å². The molecule has 1 aromatic carbocycles. The van der Waals surface area contributed by atoms with Crippen molar-refractivity contribution < 1.29 is 19.2 Å². The molecule has 0 aliphatic carbocycles. The van der Waals surface area contributed by atoms with Crippen molar-refractivity contribution in [1.82, 2.24) is 4.90 Å². The van der Waals surface area contributed by atoms with E-state index in [9.17, 15) is 20.2 Å². The lowest BCUT2D eigenvalue weighted by atomic mass is 10.0. The molecule has 1 aliphatic rings. The molecule has 1 fully saturated rings. The third kappa shape index (κ3) is 4.85. The standard InChI is InChI=1S/C18H23N3O5/c1-18(2,3)26-17(22)20-10-5-4-7-13(20)12-25-16-9-6-8-15(21(23)24)14(16)11-19/h6,8-9,13H,4-5,7,10,12H2,1-3H3/t13-/m0/s1. The Morgan fingerprint density at radius 3 is 2.77 bits per heavy atom. The first-order chi connectivity index (χ1) is 12.2. The SMILES string of the molecule is CC(C)(C)OC(=O)N1CCCC[C@H]1COc1cccc([N+](=O)[O-])c1C#N. The van der Waals surface area contributed by atoms with Crippen LogP contribution in [0.3, 0.4) is 0 Å². The van der Waals surface area contributed by atoms with Gasteiger partial charge in [-0.3, -0.25) is 10.1 Å². The van der Waals surface area contributed by atoms with Crippen LogP contribution in [0.2, 0.25) is 0 Å². The normalized spacial score (nSPS) is 17.3. The maximum Gasteiger partial charge on any atom is 0.410 e. The third-order valence-corrected chi connectivity index (χ3v) is 4.00. The summed E-state index contributed by atoms with van der Waals surface area (Å²) in [6.45, 7) is 6.14. The number of hydrogen-bond acceptors (Lipinski definition) is 6. The molecule has 0 N–H and O–H groups in total. The Balaban J connectivity index is 2.12. The van der Waals surface area contributed by atoms with Crippen LogP contribution in [0.4, 0.5) is 10.5 Å². The lowest BCUT2D eigenvalue weighted by molar-refractivity contribution is -0.385. The van der Waals surface area contributed by atoms with E-state index in [0.29, 0.717) is 6.54 Å². The lowest BCUT2D eigenvalue weighted by Gasteiger charge is -2.36. The minimum absolute atomic E-state index is 0.114. The number of rotatable bonds is 4. The van der Waals surface area contributed by atoms with Crippen LogP contribution in [0.1, 0.15) is 45.6 Å². The van der Waals surface area contributed by atoms with E-state index in [1.54, 1.807) is 4.90 Å². The zero-order valence-corrected chi connectivity index (χ0v) is 15.2. The van der Waals surface area contributed by atoms with Crippen LogP contribution in [-0.4, -0.2) is 40.7 Å². The fourth-order valence-corrected chi connectivity index (χ4v) is 2.83. The van der Waals surface area contributed by atoms with E-state index in [-0.39, 0.29) is 29.6 Å². The van der Waals surface area contributed by atoms with Gasteiger partial charge in [-0.15, -0.1) is 0 Å². The van der Waals surface area contributed by atoms with Crippen LogP contribution in [0.25, 0.3) is 0 Å². The first-order valence-electron chi connectivity index (χ1n) is 8.53. The minimum Gasteiger partial charge on any atom is -0.490 e. The second-order valence-electron chi connectivity index (χ2n) is 7.15. The Morgan fingerprint density at radius 2 is 2.15 bits per heavy atom. The van der Waals surface area contributed by atoms with Crippen molar-refractivity contribution in [3.8, 4) is 11.8 Å². The van der Waals surface area contributed by atoms with Crippen LogP contribution < -0.4 is 4.74 Å². The lowest BCUT2D eigenvalue weighted by Crippen LogP contribution is -2.48. The second kappa shape index (κ2) is 8.04. The molecule has 0 aromatic heterocycles. The summed E-state index contributed by atoms with van der Waals surface area (Å²) >= 11 is 0. The molecule has 0 saturated carbocycles. The highest BCUT2D eigenvalue weighted by molar-refractivity contribution is 5.68. The summed E-state index contributed by atoms with van der Waals surface area (Å²) in [4.78, 5) is 24.5. The number of carbonyl (C=O) groups excluding carboxylic acids is 1. The molecule has 1 aromatic rings. The van der Waals surface area contributed by atoms with Crippen molar-refractivity contribution >= 4 is 11.8 Å². The zero-order valence-electron chi connectivity index (χ0n) is 15.2. The second-order valence-corrected chi connectivity index (χ2v) is 7.15. The Kier molecular flexibility index (Phi) is 6.03. The fraction of sp³-hybridized carbons (Fsp3) is 0.556. The van der Waals surface area contributed by atoms with Gasteiger partial charge in [0.2, 0.25) is 0 Å². The predicted molar refractivity (Wildman–Crippen MR) is 93.9 cm³/mol. The molecule has 26 heavy (non-hydrogen) atoms. The van der Waals surface area contributed by atoms with Crippen LogP contribution in [-0.2, 0) is 4.74 Å². The number of benzene rings is 1. The summed E-state index contributed by atoms with van der Waals surface area (Å²) < 4.78 is 11.1. The van der Waals surface area contributed by atoms with Crippen molar-refractivity contribution in [2.45, 2.75) is 51.7 Å². The van der Waals surface area contributed by atoms with Gasteiger partial charge in [0.15, 0.2) is 5.56 Å². The molecule has 1 heterocycles. The number of carbonyl (C=O) groups is 1. The highest BCUT2D eigenvalue weighted by Crippen LogP contribution is 2.28. The average Bonchev–Trinajstić information content (AvgIpc) is 2.58. The molecule has 1 saturated heterocycles. The number of nitrogens with zero attached hydrogens (tertiary/aromatic N) is 3. The van der Waals surface area contributed by atoms with Gasteiger partial charge >= 0.3 is 6.09 Å². The van der Waals surface area contributed by atoms with Crippen LogP contribution in [0.5, 0.6) is 5.75 Å². The van der Waals surface area contributed by atoms with Crippen molar-refractivity contribution in [3.63, 3.8) is 0 Å². The molecule has 0 bridgehead atoms. The van der Waals surface area contributed by atoms with Crippen molar-refractivity contribution in [2.75, 3.05) is 13.2 Å². The number of likely N-dealkylation sites (tertiary alicyclic amines) is 1. The highest BCUT2D eigenvalue weighted by Gasteiger charge is 2.31. The summed E-state index contributed by atoms with van der Waals surface area (Å²) in [6.07, 6.45) is 2.18. The summed E-state index contributed by atoms with van der Waals surface area (Å²) in [5.41, 5.74) is -0.997. The number of nitro benzene ring substituents is 1. The first kappa shape index (κ1) is 19.5. The summed E-state index contributed by atoms with van der Waals surface area (Å²) in [7, 11) is 0. The van der Waals surface area contributed by atoms with E-state index in [0.717, 1.165) is 19.3 Å². The summed E-state index contributed by atoms with van der Waals surface area (Å²) in [5, 5.41) is 20.3. The van der Waals surface area contributed by atoms with E-state index in [1.807, 2.05) is 26.8 Å². The molecule has 1 atom stereocenters. The van der Waals surface area contributed by atoms with Crippen LogP contribution in [0.15, 0.2) is 18.2 Å². The smallest absolute Gasteiger partial charge is 0.410 e. The Morgan fingerprint density at radius 1 is 1.42 bits per heavy atom. The number of piperidine rings is 1. The Bertz CT molecular complexity index is 721. The molecule has 2 rings (SSSR count). The van der Waals surface area contributed by atoms with Gasteiger partial charge in [0, 0.05) is 12.6 Å². The molecule has 140 valence electrons. The molecule has 8 heteroatoms. The van der Waals surface area contributed by atoms with Gasteiger partial charge in [0.1, 0.15) is 24.0 Å². The summed E-state index contributed by atoms with van der Waals surface area (Å²) in [5.74, 6) is 0.149. The van der Waals surface area contributed by atoms with Gasteiger partial charge < -0.3 is 14.4 Å².